The molecule has 0 radical (unpaired) electrons. The van der Waals surface area contributed by atoms with Gasteiger partial charge in [-0.15, -0.1) is 0 Å². The third kappa shape index (κ3) is 10.6. The van der Waals surface area contributed by atoms with E-state index < -0.39 is 46.0 Å². The molecule has 3 heterocycles. The summed E-state index contributed by atoms with van der Waals surface area (Å²) in [7, 11) is -3.67. The lowest BCUT2D eigenvalue weighted by Crippen LogP contribution is -2.31. The molecular weight excluding hydrogens is 560 g/mol. The van der Waals surface area contributed by atoms with Crippen LogP contribution in [-0.4, -0.2) is 61.4 Å². The van der Waals surface area contributed by atoms with Gasteiger partial charge in [-0.05, 0) is 37.6 Å². The molecule has 0 aliphatic carbocycles. The van der Waals surface area contributed by atoms with Crippen LogP contribution in [0.4, 0.5) is 43.9 Å². The molecule has 0 aliphatic rings. The van der Waals surface area contributed by atoms with Crippen LogP contribution in [0.3, 0.4) is 0 Å². The maximum Gasteiger partial charge on any atom is 0.433 e. The van der Waals surface area contributed by atoms with Gasteiger partial charge >= 0.3 is 12.4 Å². The molecule has 3 aromatic rings. The molecule has 18 heteroatoms. The Morgan fingerprint density at radius 3 is 2.08 bits per heavy atom. The van der Waals surface area contributed by atoms with Crippen molar-refractivity contribution >= 4 is 27.7 Å². The summed E-state index contributed by atoms with van der Waals surface area (Å²) in [4.78, 5) is 19.0. The molecular formula is C21H23F6N7O4S. The number of aliphatic hydroxyl groups excluding tert-OH is 1. The summed E-state index contributed by atoms with van der Waals surface area (Å²) >= 11 is 0. The summed E-state index contributed by atoms with van der Waals surface area (Å²) in [5.74, 6) is -0.646. The lowest BCUT2D eigenvalue weighted by Gasteiger charge is -2.20. The number of hydrogen-bond acceptors (Lipinski definition) is 10. The molecule has 0 bridgehead atoms. The summed E-state index contributed by atoms with van der Waals surface area (Å²) in [6, 6.07) is 4.59. The Labute approximate surface area is 218 Å². The number of nitrogens with zero attached hydrogens (tertiary/aromatic N) is 5. The Balaban J connectivity index is 0.000000976. The Morgan fingerprint density at radius 2 is 1.54 bits per heavy atom. The number of anilines is 3. The molecule has 214 valence electrons. The van der Waals surface area contributed by atoms with Gasteiger partial charge in [0.2, 0.25) is 11.9 Å². The first-order chi connectivity index (χ1) is 17.9. The van der Waals surface area contributed by atoms with Crippen molar-refractivity contribution in [3.63, 3.8) is 0 Å². The number of pyridine rings is 2. The van der Waals surface area contributed by atoms with Gasteiger partial charge in [-0.2, -0.15) is 49.7 Å². The fourth-order valence-corrected chi connectivity index (χ4v) is 2.85. The van der Waals surface area contributed by atoms with Gasteiger partial charge in [0.05, 0.1) is 18.4 Å². The minimum atomic E-state index is -4.71. The van der Waals surface area contributed by atoms with Crippen molar-refractivity contribution in [2.45, 2.75) is 44.8 Å². The van der Waals surface area contributed by atoms with Crippen molar-refractivity contribution in [2.24, 2.45) is 0 Å². The molecule has 3 aromatic heterocycles. The minimum absolute atomic E-state index is 0.0648. The van der Waals surface area contributed by atoms with Crippen molar-refractivity contribution in [1.82, 2.24) is 24.9 Å². The van der Waals surface area contributed by atoms with E-state index >= 15 is 0 Å². The maximum absolute atomic E-state index is 13.1. The second kappa shape index (κ2) is 12.5. The third-order valence-electron chi connectivity index (χ3n) is 4.55. The Hall–Kier alpha value is -3.64. The van der Waals surface area contributed by atoms with Crippen LogP contribution < -0.4 is 10.6 Å². The molecule has 39 heavy (non-hydrogen) atoms. The van der Waals surface area contributed by atoms with E-state index in [4.69, 9.17) is 4.55 Å². The normalized spacial score (nSPS) is 13.6. The first kappa shape index (κ1) is 31.6. The molecule has 0 aromatic carbocycles. The molecule has 0 aliphatic heterocycles. The van der Waals surface area contributed by atoms with Crippen LogP contribution in [0.15, 0.2) is 36.5 Å². The van der Waals surface area contributed by atoms with Crippen LogP contribution in [0.25, 0.3) is 11.5 Å². The van der Waals surface area contributed by atoms with Crippen molar-refractivity contribution in [3.8, 4) is 11.5 Å². The summed E-state index contributed by atoms with van der Waals surface area (Å²) < 4.78 is 104. The van der Waals surface area contributed by atoms with Crippen LogP contribution in [0.2, 0.25) is 0 Å². The van der Waals surface area contributed by atoms with Crippen LogP contribution in [0.5, 0.6) is 0 Å². The number of aliphatic hydroxyl groups is 1. The highest BCUT2D eigenvalue weighted by Gasteiger charge is 2.33. The van der Waals surface area contributed by atoms with E-state index in [0.29, 0.717) is 12.7 Å². The average molecular weight is 584 g/mol. The zero-order valence-corrected chi connectivity index (χ0v) is 21.3. The Morgan fingerprint density at radius 1 is 0.949 bits per heavy atom. The highest BCUT2D eigenvalue weighted by molar-refractivity contribution is 7.85. The van der Waals surface area contributed by atoms with Gasteiger partial charge in [0.25, 0.3) is 10.1 Å². The van der Waals surface area contributed by atoms with Crippen LogP contribution in [0, 0.1) is 0 Å². The fraction of sp³-hybridized carbons (Fsp3) is 0.381. The first-order valence-corrected chi connectivity index (χ1v) is 12.7. The summed E-state index contributed by atoms with van der Waals surface area (Å²) in [6.45, 7) is 3.29. The van der Waals surface area contributed by atoms with Gasteiger partial charge in [0.1, 0.15) is 17.1 Å². The molecule has 2 unspecified atom stereocenters. The lowest BCUT2D eigenvalue weighted by molar-refractivity contribution is -0.141. The van der Waals surface area contributed by atoms with E-state index in [-0.39, 0.29) is 29.1 Å². The van der Waals surface area contributed by atoms with E-state index in [1.54, 1.807) is 6.92 Å². The third-order valence-corrected chi connectivity index (χ3v) is 4.55. The van der Waals surface area contributed by atoms with Crippen LogP contribution >= 0.6 is 0 Å². The number of alkyl halides is 6. The molecule has 3 rings (SSSR count). The number of aromatic nitrogens is 5. The molecule has 0 amide bonds. The molecule has 11 nitrogen and oxygen atoms in total. The van der Waals surface area contributed by atoms with Gasteiger partial charge in [0, 0.05) is 11.9 Å². The van der Waals surface area contributed by atoms with Crippen molar-refractivity contribution in [3.05, 3.63) is 47.9 Å². The topological polar surface area (TPSA) is 163 Å². The smallest absolute Gasteiger partial charge is 0.391 e. The summed E-state index contributed by atoms with van der Waals surface area (Å²) in [6.07, 6.45) is -8.14. The zero-order valence-electron chi connectivity index (χ0n) is 20.4. The quantitative estimate of drug-likeness (QED) is 0.233. The summed E-state index contributed by atoms with van der Waals surface area (Å²) in [5.41, 5.74) is -2.64. The van der Waals surface area contributed by atoms with Gasteiger partial charge in [-0.25, -0.2) is 4.98 Å². The second-order valence-corrected chi connectivity index (χ2v) is 9.36. The van der Waals surface area contributed by atoms with E-state index in [2.05, 4.69) is 35.6 Å². The van der Waals surface area contributed by atoms with Crippen molar-refractivity contribution < 1.29 is 44.4 Å². The van der Waals surface area contributed by atoms with Crippen molar-refractivity contribution in [2.75, 3.05) is 16.9 Å². The molecule has 2 atom stereocenters. The van der Waals surface area contributed by atoms with Crippen LogP contribution in [0.1, 0.15) is 31.7 Å². The maximum atomic E-state index is 13.1. The lowest BCUT2D eigenvalue weighted by atomic mass is 10.1. The van der Waals surface area contributed by atoms with Gasteiger partial charge in [0.15, 0.2) is 5.82 Å². The predicted molar refractivity (Wildman–Crippen MR) is 127 cm³/mol. The highest BCUT2D eigenvalue weighted by atomic mass is 32.2. The number of nitrogens with one attached hydrogen (secondary N) is 2. The minimum Gasteiger partial charge on any atom is -0.391 e. The number of hydrogen-bond donors (Lipinski definition) is 4. The Kier molecular flexibility index (Phi) is 10.1. The monoisotopic (exact) mass is 583 g/mol. The van der Waals surface area contributed by atoms with Gasteiger partial charge in [-0.3, -0.25) is 9.54 Å². The van der Waals surface area contributed by atoms with Crippen LogP contribution in [-0.2, 0) is 22.5 Å². The van der Waals surface area contributed by atoms with E-state index in [0.717, 1.165) is 24.4 Å². The first-order valence-electron chi connectivity index (χ1n) is 10.8. The number of halogens is 6. The zero-order chi connectivity index (χ0) is 29.6. The number of rotatable bonds is 7. The molecule has 0 fully saturated rings. The molecule has 0 saturated carbocycles. The standard InChI is InChI=1S/C20H19F6N7O.CH4O3S/c1-3-12(10(2)34)30-18-32-16(13-5-4-6-14(29-13)19(21,22)23)31-17(33-18)28-11-7-8-27-15(9-11)20(24,25)26;1-5(2,3)4/h4-10,12,34H,3H2,1-2H3,(H2,27,28,30,31,32,33);1H3,(H,2,3,4). The highest BCUT2D eigenvalue weighted by Crippen LogP contribution is 2.31. The SMILES string of the molecule is CCC(Nc1nc(Nc2ccnc(C(F)(F)F)c2)nc(-c2cccc(C(F)(F)F)n2)n1)C(C)O.CS(=O)(=O)O. The second-order valence-electron chi connectivity index (χ2n) is 7.90. The largest absolute Gasteiger partial charge is 0.433 e. The summed E-state index contributed by atoms with van der Waals surface area (Å²) in [5, 5.41) is 15.3. The van der Waals surface area contributed by atoms with E-state index in [1.165, 1.54) is 19.1 Å². The van der Waals surface area contributed by atoms with E-state index in [1.807, 2.05) is 0 Å². The molecule has 4 N–H and O–H groups in total. The van der Waals surface area contributed by atoms with Gasteiger partial charge in [-0.1, -0.05) is 13.0 Å². The fourth-order valence-electron chi connectivity index (χ4n) is 2.85. The molecule has 0 spiro atoms. The van der Waals surface area contributed by atoms with Crippen molar-refractivity contribution in [1.29, 1.82) is 0 Å². The predicted octanol–water partition coefficient (Wildman–Crippen LogP) is 4.19. The Bertz CT molecular complexity index is 1360. The molecule has 0 saturated heterocycles. The van der Waals surface area contributed by atoms with Gasteiger partial charge < -0.3 is 15.7 Å². The van der Waals surface area contributed by atoms with E-state index in [9.17, 15) is 39.9 Å². The average Bonchev–Trinajstić information content (AvgIpc) is 2.80.